The van der Waals surface area contributed by atoms with Crippen molar-refractivity contribution in [3.8, 4) is 0 Å². The molecule has 0 spiro atoms. The van der Waals surface area contributed by atoms with Gasteiger partial charge >= 0.3 is 5.97 Å². The van der Waals surface area contributed by atoms with Crippen LogP contribution in [0.25, 0.3) is 0 Å². The second-order valence-electron chi connectivity index (χ2n) is 5.47. The van der Waals surface area contributed by atoms with Crippen molar-refractivity contribution in [1.29, 1.82) is 0 Å². The minimum atomic E-state index is -0.940. The van der Waals surface area contributed by atoms with E-state index in [-0.39, 0.29) is 12.0 Å². The van der Waals surface area contributed by atoms with Crippen molar-refractivity contribution in [2.75, 3.05) is 33.2 Å². The van der Waals surface area contributed by atoms with E-state index in [2.05, 4.69) is 4.90 Å². The van der Waals surface area contributed by atoms with E-state index in [1.807, 2.05) is 13.1 Å². The lowest BCUT2D eigenvalue weighted by Crippen LogP contribution is -2.52. The van der Waals surface area contributed by atoms with E-state index in [0.29, 0.717) is 13.1 Å². The lowest BCUT2D eigenvalue weighted by molar-refractivity contribution is -0.150. The Kier molecular flexibility index (Phi) is 3.06. The number of piperazine rings is 1. The second-order valence-corrected chi connectivity index (χ2v) is 5.47. The maximum atomic E-state index is 12.5. The van der Waals surface area contributed by atoms with E-state index >= 15 is 0 Å². The Bertz CT molecular complexity index is 428. The number of rotatable bonds is 2. The molecule has 2 fully saturated rings. The normalized spacial score (nSPS) is 37.8. The number of carbonyl (C=O) groups excluding carboxylic acids is 1. The molecular formula is C13H18N2O4. The predicted molar refractivity (Wildman–Crippen MR) is 66.5 cm³/mol. The summed E-state index contributed by atoms with van der Waals surface area (Å²) in [6.07, 6.45) is 2.78. The Morgan fingerprint density at radius 3 is 2.26 bits per heavy atom. The lowest BCUT2D eigenvalue weighted by Gasteiger charge is -2.35. The molecule has 3 aliphatic rings. The Labute approximate surface area is 111 Å². The van der Waals surface area contributed by atoms with E-state index in [0.717, 1.165) is 13.1 Å². The van der Waals surface area contributed by atoms with Crippen molar-refractivity contribution >= 4 is 11.9 Å². The minimum Gasteiger partial charge on any atom is -0.481 e. The molecular weight excluding hydrogens is 248 g/mol. The topological polar surface area (TPSA) is 70.1 Å². The average molecular weight is 266 g/mol. The lowest BCUT2D eigenvalue weighted by atomic mass is 9.82. The van der Waals surface area contributed by atoms with Gasteiger partial charge in [-0.2, -0.15) is 0 Å². The highest BCUT2D eigenvalue weighted by Crippen LogP contribution is 2.40. The van der Waals surface area contributed by atoms with Gasteiger partial charge in [0, 0.05) is 26.2 Å². The van der Waals surface area contributed by atoms with Gasteiger partial charge in [0.25, 0.3) is 0 Å². The van der Waals surface area contributed by atoms with Crippen LogP contribution in [0.2, 0.25) is 0 Å². The molecule has 3 rings (SSSR count). The average Bonchev–Trinajstić information content (AvgIpc) is 2.98. The van der Waals surface area contributed by atoms with Gasteiger partial charge in [-0.05, 0) is 7.05 Å². The van der Waals surface area contributed by atoms with Crippen molar-refractivity contribution in [3.63, 3.8) is 0 Å². The minimum absolute atomic E-state index is 0.0719. The summed E-state index contributed by atoms with van der Waals surface area (Å²) in [4.78, 5) is 27.8. The van der Waals surface area contributed by atoms with Gasteiger partial charge in [0.15, 0.2) is 0 Å². The molecule has 4 atom stereocenters. The van der Waals surface area contributed by atoms with Gasteiger partial charge in [-0.3, -0.25) is 9.59 Å². The number of nitrogens with zero attached hydrogens (tertiary/aromatic N) is 2. The number of carboxylic acid groups (broad SMARTS) is 1. The van der Waals surface area contributed by atoms with Gasteiger partial charge < -0.3 is 19.6 Å². The number of hydrogen-bond acceptors (Lipinski definition) is 4. The van der Waals surface area contributed by atoms with Gasteiger partial charge in [-0.25, -0.2) is 0 Å². The molecule has 6 nitrogen and oxygen atoms in total. The number of carboxylic acids is 1. The van der Waals surface area contributed by atoms with Gasteiger partial charge in [-0.15, -0.1) is 0 Å². The molecule has 3 aliphatic heterocycles. The molecule has 104 valence electrons. The van der Waals surface area contributed by atoms with E-state index in [1.165, 1.54) is 0 Å². The summed E-state index contributed by atoms with van der Waals surface area (Å²) in [5.74, 6) is -2.31. The summed E-state index contributed by atoms with van der Waals surface area (Å²) >= 11 is 0. The molecule has 0 aromatic carbocycles. The van der Waals surface area contributed by atoms with Crippen LogP contribution in [0.4, 0.5) is 0 Å². The van der Waals surface area contributed by atoms with E-state index < -0.39 is 23.9 Å². The number of likely N-dealkylation sites (N-methyl/N-ethyl adjacent to an activating group) is 1. The quantitative estimate of drug-likeness (QED) is 0.677. The van der Waals surface area contributed by atoms with Gasteiger partial charge in [0.2, 0.25) is 5.91 Å². The first-order chi connectivity index (χ1) is 9.08. The fraction of sp³-hybridized carbons (Fsp3) is 0.692. The van der Waals surface area contributed by atoms with Crippen LogP contribution >= 0.6 is 0 Å². The fourth-order valence-electron chi connectivity index (χ4n) is 3.13. The molecule has 2 bridgehead atoms. The number of ether oxygens (including phenoxy) is 1. The summed E-state index contributed by atoms with van der Waals surface area (Å²) in [6.45, 7) is 3.00. The summed E-state index contributed by atoms with van der Waals surface area (Å²) < 4.78 is 5.54. The number of carbonyl (C=O) groups is 2. The Morgan fingerprint density at radius 1 is 1.11 bits per heavy atom. The van der Waals surface area contributed by atoms with Crippen molar-refractivity contribution in [1.82, 2.24) is 9.80 Å². The van der Waals surface area contributed by atoms with Crippen LogP contribution in [0, 0.1) is 11.8 Å². The molecule has 2 saturated heterocycles. The third-order valence-electron chi connectivity index (χ3n) is 4.28. The summed E-state index contributed by atoms with van der Waals surface area (Å²) in [5.41, 5.74) is 0. The van der Waals surface area contributed by atoms with E-state index in [9.17, 15) is 14.7 Å². The number of fused-ring (bicyclic) bond motifs is 2. The molecule has 0 aromatic rings. The third-order valence-corrected chi connectivity index (χ3v) is 4.28. The van der Waals surface area contributed by atoms with Crippen molar-refractivity contribution < 1.29 is 19.4 Å². The third kappa shape index (κ3) is 2.04. The Morgan fingerprint density at radius 2 is 1.68 bits per heavy atom. The Hall–Kier alpha value is -1.40. The van der Waals surface area contributed by atoms with Crippen LogP contribution < -0.4 is 0 Å². The standard InChI is InChI=1S/C13H18N2O4/c1-14-4-6-15(7-5-14)12(16)10-8-2-3-9(19-8)11(10)13(17)18/h2-3,8-11H,4-7H2,1H3,(H,17,18)/t8-,9-,10-,11-/m1/s1. The first kappa shape index (κ1) is 12.6. The zero-order valence-corrected chi connectivity index (χ0v) is 10.9. The molecule has 1 amide bonds. The number of aliphatic carboxylic acids is 1. The predicted octanol–water partition coefficient (Wildman–Crippen LogP) is -0.585. The molecule has 0 radical (unpaired) electrons. The number of amides is 1. The smallest absolute Gasteiger partial charge is 0.310 e. The second kappa shape index (κ2) is 4.61. The maximum Gasteiger partial charge on any atom is 0.310 e. The van der Waals surface area contributed by atoms with Crippen LogP contribution in [-0.2, 0) is 14.3 Å². The molecule has 3 heterocycles. The molecule has 19 heavy (non-hydrogen) atoms. The van der Waals surface area contributed by atoms with Gasteiger partial charge in [0.1, 0.15) is 5.92 Å². The van der Waals surface area contributed by atoms with Gasteiger partial charge in [-0.1, -0.05) is 12.2 Å². The largest absolute Gasteiger partial charge is 0.481 e. The van der Waals surface area contributed by atoms with Gasteiger partial charge in [0.05, 0.1) is 18.1 Å². The van der Waals surface area contributed by atoms with E-state index in [4.69, 9.17) is 4.74 Å². The van der Waals surface area contributed by atoms with Crippen molar-refractivity contribution in [2.24, 2.45) is 11.8 Å². The fourth-order valence-corrected chi connectivity index (χ4v) is 3.13. The first-order valence-electron chi connectivity index (χ1n) is 6.62. The van der Waals surface area contributed by atoms with Crippen LogP contribution in [0.5, 0.6) is 0 Å². The summed E-state index contributed by atoms with van der Waals surface area (Å²) in [7, 11) is 2.02. The van der Waals surface area contributed by atoms with Crippen molar-refractivity contribution in [2.45, 2.75) is 12.2 Å². The van der Waals surface area contributed by atoms with Crippen LogP contribution in [0.15, 0.2) is 12.2 Å². The molecule has 0 aliphatic carbocycles. The summed E-state index contributed by atoms with van der Waals surface area (Å²) in [6, 6.07) is 0. The van der Waals surface area contributed by atoms with E-state index in [1.54, 1.807) is 11.0 Å². The zero-order valence-electron chi connectivity index (χ0n) is 10.9. The first-order valence-corrected chi connectivity index (χ1v) is 6.62. The van der Waals surface area contributed by atoms with Crippen LogP contribution in [0.1, 0.15) is 0 Å². The molecule has 0 saturated carbocycles. The highest BCUT2D eigenvalue weighted by molar-refractivity contribution is 5.87. The van der Waals surface area contributed by atoms with Crippen molar-refractivity contribution in [3.05, 3.63) is 12.2 Å². The highest BCUT2D eigenvalue weighted by atomic mass is 16.5. The zero-order chi connectivity index (χ0) is 13.6. The molecule has 0 unspecified atom stereocenters. The monoisotopic (exact) mass is 266 g/mol. The molecule has 0 aromatic heterocycles. The van der Waals surface area contributed by atoms with Crippen LogP contribution in [0.3, 0.4) is 0 Å². The molecule has 6 heteroatoms. The number of hydrogen-bond donors (Lipinski definition) is 1. The van der Waals surface area contributed by atoms with Crippen LogP contribution in [-0.4, -0.2) is 72.2 Å². The molecule has 1 N–H and O–H groups in total. The Balaban J connectivity index is 1.75. The summed E-state index contributed by atoms with van der Waals surface area (Å²) in [5, 5.41) is 9.30. The SMILES string of the molecule is CN1CCN(C(=O)[C@H]2[C@H](C(=O)O)[C@H]3C=C[C@H]2O3)CC1. The highest BCUT2D eigenvalue weighted by Gasteiger charge is 2.54. The maximum absolute atomic E-state index is 12.5.